The summed E-state index contributed by atoms with van der Waals surface area (Å²) in [4.78, 5) is 34.4. The van der Waals surface area contributed by atoms with Gasteiger partial charge in [0, 0.05) is 25.2 Å². The number of carbonyl (C=O) groups is 3. The molecule has 1 rings (SSSR count). The monoisotopic (exact) mass is 242 g/mol. The maximum absolute atomic E-state index is 11.1. The Balaban J connectivity index is 2.18. The van der Waals surface area contributed by atoms with E-state index in [-0.39, 0.29) is 12.6 Å². The van der Waals surface area contributed by atoms with Gasteiger partial charge in [-0.25, -0.2) is 14.4 Å². The maximum atomic E-state index is 11.1. The van der Waals surface area contributed by atoms with E-state index < -0.39 is 11.9 Å². The van der Waals surface area contributed by atoms with Crippen molar-refractivity contribution in [2.75, 3.05) is 33.4 Å². The summed E-state index contributed by atoms with van der Waals surface area (Å²) < 4.78 is 9.10. The van der Waals surface area contributed by atoms with Crippen LogP contribution in [0.25, 0.3) is 0 Å². The molecule has 0 aromatic carbocycles. The van der Waals surface area contributed by atoms with Crippen molar-refractivity contribution in [1.29, 1.82) is 0 Å². The molecule has 1 aliphatic heterocycles. The first-order valence-electron chi connectivity index (χ1n) is 5.09. The van der Waals surface area contributed by atoms with Crippen LogP contribution in [0.2, 0.25) is 0 Å². The lowest BCUT2D eigenvalue weighted by atomic mass is 10.5. The Bertz CT molecular complexity index is 340. The van der Waals surface area contributed by atoms with Gasteiger partial charge in [-0.2, -0.15) is 0 Å². The fraction of sp³-hybridized carbons (Fsp3) is 0.500. The molecular formula is C10H14N2O5. The van der Waals surface area contributed by atoms with E-state index in [1.54, 1.807) is 0 Å². The molecule has 94 valence electrons. The fourth-order valence-electron chi connectivity index (χ4n) is 1.23. The highest BCUT2D eigenvalue weighted by Gasteiger charge is 2.18. The minimum Gasteiger partial charge on any atom is -0.466 e. The topological polar surface area (TPSA) is 84.9 Å². The van der Waals surface area contributed by atoms with E-state index in [2.05, 4.69) is 10.1 Å². The molecule has 2 amide bonds. The lowest BCUT2D eigenvalue weighted by Crippen LogP contribution is -2.31. The predicted octanol–water partition coefficient (Wildman–Crippen LogP) is -0.716. The molecule has 1 saturated heterocycles. The lowest BCUT2D eigenvalue weighted by Gasteiger charge is -2.12. The van der Waals surface area contributed by atoms with Crippen LogP contribution in [0, 0.1) is 0 Å². The highest BCUT2D eigenvalue weighted by atomic mass is 16.5. The smallest absolute Gasteiger partial charge is 0.331 e. The van der Waals surface area contributed by atoms with Crippen LogP contribution in [-0.4, -0.2) is 56.2 Å². The molecule has 0 atom stereocenters. The molecule has 0 aromatic rings. The summed E-state index contributed by atoms with van der Waals surface area (Å²) in [5.41, 5.74) is 0. The van der Waals surface area contributed by atoms with Crippen LogP contribution in [0.15, 0.2) is 12.2 Å². The van der Waals surface area contributed by atoms with Crippen molar-refractivity contribution in [1.82, 2.24) is 10.2 Å². The molecule has 0 radical (unpaired) electrons. The van der Waals surface area contributed by atoms with Crippen molar-refractivity contribution in [3.8, 4) is 0 Å². The third-order valence-corrected chi connectivity index (χ3v) is 2.11. The van der Waals surface area contributed by atoms with E-state index in [1.807, 2.05) is 0 Å². The van der Waals surface area contributed by atoms with Crippen LogP contribution in [0.4, 0.5) is 4.79 Å². The van der Waals surface area contributed by atoms with Crippen LogP contribution in [-0.2, 0) is 19.1 Å². The van der Waals surface area contributed by atoms with E-state index in [4.69, 9.17) is 4.74 Å². The summed E-state index contributed by atoms with van der Waals surface area (Å²) in [6, 6.07) is -0.161. The molecule has 0 bridgehead atoms. The Morgan fingerprint density at radius 2 is 2.12 bits per heavy atom. The number of nitrogens with zero attached hydrogens (tertiary/aromatic N) is 1. The Morgan fingerprint density at radius 1 is 1.41 bits per heavy atom. The van der Waals surface area contributed by atoms with Crippen molar-refractivity contribution in [2.24, 2.45) is 0 Å². The molecule has 1 N–H and O–H groups in total. The highest BCUT2D eigenvalue weighted by molar-refractivity contribution is 5.91. The SMILES string of the molecule is COC(=O)/C=C/C(=O)OCCN1CCNC1=O. The van der Waals surface area contributed by atoms with Crippen molar-refractivity contribution >= 4 is 18.0 Å². The van der Waals surface area contributed by atoms with Crippen LogP contribution >= 0.6 is 0 Å². The van der Waals surface area contributed by atoms with Gasteiger partial charge >= 0.3 is 18.0 Å². The van der Waals surface area contributed by atoms with Crippen molar-refractivity contribution in [2.45, 2.75) is 0 Å². The lowest BCUT2D eigenvalue weighted by molar-refractivity contribution is -0.139. The van der Waals surface area contributed by atoms with E-state index >= 15 is 0 Å². The van der Waals surface area contributed by atoms with E-state index in [0.29, 0.717) is 19.6 Å². The largest absolute Gasteiger partial charge is 0.466 e. The molecule has 17 heavy (non-hydrogen) atoms. The predicted molar refractivity (Wildman–Crippen MR) is 57.1 cm³/mol. The molecule has 1 heterocycles. The van der Waals surface area contributed by atoms with Gasteiger partial charge in [-0.1, -0.05) is 0 Å². The molecule has 7 heteroatoms. The minimum atomic E-state index is -0.644. The Kier molecular flexibility index (Phi) is 4.99. The Morgan fingerprint density at radius 3 is 2.71 bits per heavy atom. The van der Waals surface area contributed by atoms with Crippen molar-refractivity contribution < 1.29 is 23.9 Å². The zero-order chi connectivity index (χ0) is 12.7. The van der Waals surface area contributed by atoms with Gasteiger partial charge in [-0.3, -0.25) is 0 Å². The van der Waals surface area contributed by atoms with Crippen LogP contribution in [0.5, 0.6) is 0 Å². The first-order valence-corrected chi connectivity index (χ1v) is 5.09. The van der Waals surface area contributed by atoms with Gasteiger partial charge in [0.05, 0.1) is 13.7 Å². The second-order valence-electron chi connectivity index (χ2n) is 3.24. The van der Waals surface area contributed by atoms with Gasteiger partial charge in [0.2, 0.25) is 0 Å². The Hall–Kier alpha value is -2.05. The molecule has 0 saturated carbocycles. The number of methoxy groups -OCH3 is 1. The maximum Gasteiger partial charge on any atom is 0.331 e. The first-order chi connectivity index (χ1) is 8.13. The Labute approximate surface area is 98.3 Å². The number of esters is 2. The fourth-order valence-corrected chi connectivity index (χ4v) is 1.23. The summed E-state index contributed by atoms with van der Waals surface area (Å²) >= 11 is 0. The van der Waals surface area contributed by atoms with Gasteiger partial charge in [0.1, 0.15) is 6.61 Å². The summed E-state index contributed by atoms with van der Waals surface area (Å²) in [5.74, 6) is -1.27. The molecule has 0 aromatic heterocycles. The molecule has 0 unspecified atom stereocenters. The van der Waals surface area contributed by atoms with Gasteiger partial charge in [-0.15, -0.1) is 0 Å². The summed E-state index contributed by atoms with van der Waals surface area (Å²) in [7, 11) is 1.21. The first kappa shape index (κ1) is 13.0. The van der Waals surface area contributed by atoms with E-state index in [1.165, 1.54) is 12.0 Å². The zero-order valence-corrected chi connectivity index (χ0v) is 9.47. The summed E-state index contributed by atoms with van der Waals surface area (Å²) in [5, 5.41) is 2.63. The number of amides is 2. The number of urea groups is 1. The molecular weight excluding hydrogens is 228 g/mol. The van der Waals surface area contributed by atoms with Crippen LogP contribution in [0.3, 0.4) is 0 Å². The zero-order valence-electron chi connectivity index (χ0n) is 9.47. The average molecular weight is 242 g/mol. The van der Waals surface area contributed by atoms with Crippen LogP contribution in [0.1, 0.15) is 0 Å². The highest BCUT2D eigenvalue weighted by Crippen LogP contribution is 1.96. The molecule has 7 nitrogen and oxygen atoms in total. The standard InChI is InChI=1S/C10H14N2O5/c1-16-8(13)2-3-9(14)17-7-6-12-5-4-11-10(12)15/h2-3H,4-7H2,1H3,(H,11,15)/b3-2+. The van der Waals surface area contributed by atoms with Gasteiger partial charge in [0.15, 0.2) is 0 Å². The third-order valence-electron chi connectivity index (χ3n) is 2.11. The van der Waals surface area contributed by atoms with Crippen molar-refractivity contribution in [3.63, 3.8) is 0 Å². The molecule has 0 aliphatic carbocycles. The molecule has 0 spiro atoms. The average Bonchev–Trinajstić information content (AvgIpc) is 2.72. The molecule has 1 aliphatic rings. The summed E-state index contributed by atoms with van der Waals surface area (Å²) in [6.45, 7) is 1.64. The second kappa shape index (κ2) is 6.51. The quantitative estimate of drug-likeness (QED) is 0.508. The number of carbonyl (C=O) groups excluding carboxylic acids is 3. The second-order valence-corrected chi connectivity index (χ2v) is 3.24. The van der Waals surface area contributed by atoms with Gasteiger partial charge in [-0.05, 0) is 0 Å². The number of nitrogens with one attached hydrogen (secondary N) is 1. The normalized spacial score (nSPS) is 14.9. The number of ether oxygens (including phenoxy) is 2. The number of rotatable bonds is 5. The number of hydrogen-bond donors (Lipinski definition) is 1. The third kappa shape index (κ3) is 4.54. The number of hydrogen-bond acceptors (Lipinski definition) is 5. The summed E-state index contributed by atoms with van der Waals surface area (Å²) in [6.07, 6.45) is 1.96. The van der Waals surface area contributed by atoms with Gasteiger partial charge < -0.3 is 19.7 Å². The minimum absolute atomic E-state index is 0.0950. The molecule has 1 fully saturated rings. The van der Waals surface area contributed by atoms with E-state index in [0.717, 1.165) is 12.2 Å². The van der Waals surface area contributed by atoms with Crippen molar-refractivity contribution in [3.05, 3.63) is 12.2 Å². The van der Waals surface area contributed by atoms with Crippen LogP contribution < -0.4 is 5.32 Å². The van der Waals surface area contributed by atoms with Gasteiger partial charge in [0.25, 0.3) is 0 Å². The van der Waals surface area contributed by atoms with E-state index in [9.17, 15) is 14.4 Å².